The number of hydrogen-bond acceptors (Lipinski definition) is 0. The second-order valence-electron chi connectivity index (χ2n) is 3.08. The van der Waals surface area contributed by atoms with Crippen molar-refractivity contribution < 1.29 is 0 Å². The van der Waals surface area contributed by atoms with Crippen molar-refractivity contribution in [3.63, 3.8) is 0 Å². The van der Waals surface area contributed by atoms with Crippen LogP contribution in [0.1, 0.15) is 33.1 Å². The zero-order valence-electron chi connectivity index (χ0n) is 5.78. The lowest BCUT2D eigenvalue weighted by molar-refractivity contribution is 0.584. The molecule has 1 rings (SSSR count). The molecule has 0 aromatic heterocycles. The van der Waals surface area contributed by atoms with Gasteiger partial charge in [0.1, 0.15) is 0 Å². The molecule has 0 radical (unpaired) electrons. The predicted molar refractivity (Wildman–Crippen MR) is 36.8 cm³/mol. The third-order valence-electron chi connectivity index (χ3n) is 1.95. The van der Waals surface area contributed by atoms with Gasteiger partial charge in [-0.2, -0.15) is 0 Å². The first-order valence-electron chi connectivity index (χ1n) is 3.38. The lowest BCUT2D eigenvalue weighted by Crippen LogP contribution is -1.87. The summed E-state index contributed by atoms with van der Waals surface area (Å²) in [7, 11) is 0. The van der Waals surface area contributed by atoms with E-state index in [1.807, 2.05) is 0 Å². The van der Waals surface area contributed by atoms with E-state index in [2.05, 4.69) is 26.0 Å². The summed E-state index contributed by atoms with van der Waals surface area (Å²) in [5.41, 5.74) is 0.715. The molecule has 0 heterocycles. The molecule has 0 N–H and O–H groups in total. The highest BCUT2D eigenvalue weighted by Crippen LogP contribution is 2.48. The van der Waals surface area contributed by atoms with Crippen molar-refractivity contribution >= 4 is 0 Å². The smallest absolute Gasteiger partial charge is 0.0291 e. The van der Waals surface area contributed by atoms with Gasteiger partial charge in [0.2, 0.25) is 0 Å². The van der Waals surface area contributed by atoms with Gasteiger partial charge in [-0.1, -0.05) is 19.1 Å². The summed E-state index contributed by atoms with van der Waals surface area (Å²) in [6.07, 6.45) is 8.59. The minimum Gasteiger partial charge on any atom is -0.0916 e. The molecule has 1 saturated carbocycles. The molecule has 0 unspecified atom stereocenters. The van der Waals surface area contributed by atoms with Gasteiger partial charge >= 0.3 is 0 Å². The van der Waals surface area contributed by atoms with Gasteiger partial charge in [-0.15, -0.1) is 0 Å². The van der Waals surface area contributed by atoms with Crippen molar-refractivity contribution in [2.24, 2.45) is 5.41 Å². The van der Waals surface area contributed by atoms with Crippen LogP contribution in [0.5, 0.6) is 0 Å². The van der Waals surface area contributed by atoms with E-state index in [0.717, 1.165) is 0 Å². The highest BCUT2D eigenvalue weighted by molar-refractivity contribution is 4.95. The first kappa shape index (κ1) is 5.87. The molecular weight excluding hydrogens is 96.1 g/mol. The van der Waals surface area contributed by atoms with Crippen molar-refractivity contribution in [3.05, 3.63) is 12.2 Å². The fraction of sp³-hybridized carbons (Fsp3) is 0.750. The van der Waals surface area contributed by atoms with Crippen molar-refractivity contribution in [1.29, 1.82) is 0 Å². The summed E-state index contributed by atoms with van der Waals surface area (Å²) in [4.78, 5) is 0. The van der Waals surface area contributed by atoms with Crippen molar-refractivity contribution in [1.82, 2.24) is 0 Å². The third-order valence-corrected chi connectivity index (χ3v) is 1.95. The molecule has 0 spiro atoms. The van der Waals surface area contributed by atoms with Gasteiger partial charge in [0, 0.05) is 0 Å². The Bertz CT molecular complexity index is 96.6. The average Bonchev–Trinajstić information content (AvgIpc) is 2.45. The van der Waals surface area contributed by atoms with E-state index in [1.54, 1.807) is 0 Å². The number of allylic oxidation sites excluding steroid dienone is 2. The molecule has 0 nitrogen and oxygen atoms in total. The van der Waals surface area contributed by atoms with Crippen molar-refractivity contribution in [3.8, 4) is 0 Å². The molecule has 0 aromatic rings. The fourth-order valence-corrected chi connectivity index (χ4v) is 0.820. The van der Waals surface area contributed by atoms with E-state index >= 15 is 0 Å². The molecule has 0 saturated heterocycles. The van der Waals surface area contributed by atoms with Crippen molar-refractivity contribution in [2.75, 3.05) is 0 Å². The Hall–Kier alpha value is -0.260. The lowest BCUT2D eigenvalue weighted by atomic mass is 10.1. The van der Waals surface area contributed by atoms with Gasteiger partial charge in [0.25, 0.3) is 0 Å². The minimum atomic E-state index is 0.715. The van der Waals surface area contributed by atoms with E-state index < -0.39 is 0 Å². The van der Waals surface area contributed by atoms with Crippen LogP contribution in [0.2, 0.25) is 0 Å². The van der Waals surface area contributed by atoms with Gasteiger partial charge in [0.15, 0.2) is 0 Å². The molecule has 1 fully saturated rings. The molecule has 0 amide bonds. The van der Waals surface area contributed by atoms with Crippen LogP contribution < -0.4 is 0 Å². The quantitative estimate of drug-likeness (QED) is 0.479. The second-order valence-corrected chi connectivity index (χ2v) is 3.08. The van der Waals surface area contributed by atoms with Gasteiger partial charge in [0.05, 0.1) is 0 Å². The van der Waals surface area contributed by atoms with Gasteiger partial charge in [-0.25, -0.2) is 0 Å². The maximum absolute atomic E-state index is 2.35. The van der Waals surface area contributed by atoms with Gasteiger partial charge < -0.3 is 0 Å². The SMILES string of the molecule is C/C=C\CC1(C)CC1. The van der Waals surface area contributed by atoms with E-state index in [0.29, 0.717) is 5.41 Å². The van der Waals surface area contributed by atoms with E-state index in [9.17, 15) is 0 Å². The lowest BCUT2D eigenvalue weighted by Gasteiger charge is -1.99. The summed E-state index contributed by atoms with van der Waals surface area (Å²) >= 11 is 0. The Morgan fingerprint density at radius 3 is 2.50 bits per heavy atom. The maximum Gasteiger partial charge on any atom is -0.0291 e. The molecule has 0 heteroatoms. The van der Waals surface area contributed by atoms with Gasteiger partial charge in [-0.05, 0) is 31.6 Å². The third kappa shape index (κ3) is 1.36. The predicted octanol–water partition coefficient (Wildman–Crippen LogP) is 2.75. The molecule has 1 aliphatic rings. The first-order chi connectivity index (χ1) is 3.77. The molecule has 0 aromatic carbocycles. The van der Waals surface area contributed by atoms with E-state index in [-0.39, 0.29) is 0 Å². The summed E-state index contributed by atoms with van der Waals surface area (Å²) in [6.45, 7) is 4.44. The molecule has 0 bridgehead atoms. The Kier molecular flexibility index (Phi) is 1.41. The van der Waals surface area contributed by atoms with Crippen LogP contribution in [-0.2, 0) is 0 Å². The fourth-order valence-electron chi connectivity index (χ4n) is 0.820. The minimum absolute atomic E-state index is 0.715. The summed E-state index contributed by atoms with van der Waals surface area (Å²) < 4.78 is 0. The van der Waals surface area contributed by atoms with Crippen LogP contribution in [0.4, 0.5) is 0 Å². The Morgan fingerprint density at radius 2 is 2.12 bits per heavy atom. The highest BCUT2D eigenvalue weighted by Gasteiger charge is 2.35. The van der Waals surface area contributed by atoms with Crippen LogP contribution in [0.15, 0.2) is 12.2 Å². The summed E-state index contributed by atoms with van der Waals surface area (Å²) in [5, 5.41) is 0. The van der Waals surface area contributed by atoms with Crippen molar-refractivity contribution in [2.45, 2.75) is 33.1 Å². The molecule has 0 atom stereocenters. The van der Waals surface area contributed by atoms with E-state index in [1.165, 1.54) is 19.3 Å². The van der Waals surface area contributed by atoms with Crippen LogP contribution in [0, 0.1) is 5.41 Å². The summed E-state index contributed by atoms with van der Waals surface area (Å²) in [6, 6.07) is 0. The Balaban J connectivity index is 2.19. The number of hydrogen-bond donors (Lipinski definition) is 0. The Labute approximate surface area is 51.6 Å². The Morgan fingerprint density at radius 1 is 1.50 bits per heavy atom. The highest BCUT2D eigenvalue weighted by atomic mass is 14.4. The normalized spacial score (nSPS) is 24.2. The average molecular weight is 110 g/mol. The standard InChI is InChI=1S/C8H14/c1-3-4-5-8(2)6-7-8/h3-4H,5-7H2,1-2H3/b4-3-. The molecule has 1 aliphatic carbocycles. The summed E-state index contributed by atoms with van der Waals surface area (Å²) in [5.74, 6) is 0. The van der Waals surface area contributed by atoms with E-state index in [4.69, 9.17) is 0 Å². The monoisotopic (exact) mass is 110 g/mol. The topological polar surface area (TPSA) is 0 Å². The molecule has 46 valence electrons. The first-order valence-corrected chi connectivity index (χ1v) is 3.38. The molecule has 8 heavy (non-hydrogen) atoms. The number of rotatable bonds is 2. The van der Waals surface area contributed by atoms with Crippen LogP contribution >= 0.6 is 0 Å². The maximum atomic E-state index is 2.35. The zero-order valence-corrected chi connectivity index (χ0v) is 5.78. The van der Waals surface area contributed by atoms with Crippen LogP contribution in [-0.4, -0.2) is 0 Å². The largest absolute Gasteiger partial charge is 0.0916 e. The van der Waals surface area contributed by atoms with Crippen LogP contribution in [0.3, 0.4) is 0 Å². The van der Waals surface area contributed by atoms with Crippen LogP contribution in [0.25, 0.3) is 0 Å². The molecule has 0 aliphatic heterocycles. The zero-order chi connectivity index (χ0) is 6.04. The van der Waals surface area contributed by atoms with Gasteiger partial charge in [-0.3, -0.25) is 0 Å². The second kappa shape index (κ2) is 1.93. The molecular formula is C8H14.